The molecule has 0 radical (unpaired) electrons. The van der Waals surface area contributed by atoms with Crippen molar-refractivity contribution in [1.82, 2.24) is 4.90 Å². The minimum absolute atomic E-state index is 0.202. The number of carbonyl (C=O) groups is 1. The average Bonchev–Trinajstić information content (AvgIpc) is 2.55. The molecule has 1 heterocycles. The van der Waals surface area contributed by atoms with E-state index in [1.54, 1.807) is 0 Å². The summed E-state index contributed by atoms with van der Waals surface area (Å²) >= 11 is 0. The summed E-state index contributed by atoms with van der Waals surface area (Å²) in [6.45, 7) is 1.54. The smallest absolute Gasteiger partial charge is 0.304 e. The highest BCUT2D eigenvalue weighted by molar-refractivity contribution is 5.66. The Morgan fingerprint density at radius 3 is 2.59 bits per heavy atom. The van der Waals surface area contributed by atoms with Crippen LogP contribution in [0.2, 0.25) is 0 Å². The fourth-order valence-electron chi connectivity index (χ4n) is 3.29. The Bertz CT molecular complexity index is 639. The van der Waals surface area contributed by atoms with Crippen LogP contribution in [0.5, 0.6) is 0 Å². The standard InChI is InChI=1S/C19H21NO2/c21-19(22)11-13-20-12-10-16-8-4-5-9-17(16)18(20)14-15-6-2-1-3-7-15/h1-9,18H,10-14H2,(H,21,22). The second-order valence-corrected chi connectivity index (χ2v) is 5.83. The molecule has 114 valence electrons. The number of hydrogen-bond acceptors (Lipinski definition) is 2. The molecular weight excluding hydrogens is 274 g/mol. The molecule has 0 saturated heterocycles. The van der Waals surface area contributed by atoms with Crippen molar-refractivity contribution < 1.29 is 9.90 Å². The first-order chi connectivity index (χ1) is 10.7. The lowest BCUT2D eigenvalue weighted by molar-refractivity contribution is -0.137. The topological polar surface area (TPSA) is 40.5 Å². The van der Waals surface area contributed by atoms with Crippen LogP contribution in [0.15, 0.2) is 54.6 Å². The molecule has 1 aliphatic heterocycles. The van der Waals surface area contributed by atoms with Crippen LogP contribution in [0.3, 0.4) is 0 Å². The van der Waals surface area contributed by atoms with Crippen molar-refractivity contribution in [3.05, 3.63) is 71.3 Å². The van der Waals surface area contributed by atoms with Crippen LogP contribution in [0.4, 0.5) is 0 Å². The molecule has 1 N–H and O–H groups in total. The predicted octanol–water partition coefficient (Wildman–Crippen LogP) is 3.30. The molecule has 2 aromatic carbocycles. The van der Waals surface area contributed by atoms with Crippen LogP contribution in [0.25, 0.3) is 0 Å². The van der Waals surface area contributed by atoms with Gasteiger partial charge in [0.1, 0.15) is 0 Å². The maximum atomic E-state index is 10.9. The van der Waals surface area contributed by atoms with Crippen molar-refractivity contribution in [3.8, 4) is 0 Å². The fraction of sp³-hybridized carbons (Fsp3) is 0.316. The van der Waals surface area contributed by atoms with E-state index in [1.165, 1.54) is 16.7 Å². The van der Waals surface area contributed by atoms with Crippen LogP contribution < -0.4 is 0 Å². The Morgan fingerprint density at radius 2 is 1.82 bits per heavy atom. The van der Waals surface area contributed by atoms with Gasteiger partial charge < -0.3 is 5.11 Å². The van der Waals surface area contributed by atoms with Gasteiger partial charge in [-0.2, -0.15) is 0 Å². The summed E-state index contributed by atoms with van der Waals surface area (Å²) in [5.41, 5.74) is 4.04. The molecule has 0 aromatic heterocycles. The molecule has 1 aliphatic rings. The number of hydrogen-bond donors (Lipinski definition) is 1. The Balaban J connectivity index is 1.86. The van der Waals surface area contributed by atoms with E-state index < -0.39 is 5.97 Å². The van der Waals surface area contributed by atoms with Crippen molar-refractivity contribution in [2.24, 2.45) is 0 Å². The van der Waals surface area contributed by atoms with Crippen LogP contribution in [0, 0.1) is 0 Å². The zero-order valence-corrected chi connectivity index (χ0v) is 12.6. The maximum Gasteiger partial charge on any atom is 0.304 e. The third kappa shape index (κ3) is 3.37. The predicted molar refractivity (Wildman–Crippen MR) is 86.9 cm³/mol. The van der Waals surface area contributed by atoms with Crippen LogP contribution in [-0.4, -0.2) is 29.1 Å². The molecule has 0 amide bonds. The van der Waals surface area contributed by atoms with E-state index in [0.717, 1.165) is 19.4 Å². The van der Waals surface area contributed by atoms with Gasteiger partial charge >= 0.3 is 5.97 Å². The Kier molecular flexibility index (Phi) is 4.54. The van der Waals surface area contributed by atoms with E-state index in [1.807, 2.05) is 6.07 Å². The van der Waals surface area contributed by atoms with E-state index in [-0.39, 0.29) is 12.5 Å². The second kappa shape index (κ2) is 6.75. The molecule has 1 unspecified atom stereocenters. The first kappa shape index (κ1) is 14.8. The summed E-state index contributed by atoms with van der Waals surface area (Å²) in [4.78, 5) is 13.2. The monoisotopic (exact) mass is 295 g/mol. The van der Waals surface area contributed by atoms with Crippen molar-refractivity contribution >= 4 is 5.97 Å². The van der Waals surface area contributed by atoms with Crippen molar-refractivity contribution in [2.75, 3.05) is 13.1 Å². The third-order valence-corrected chi connectivity index (χ3v) is 4.41. The summed E-state index contributed by atoms with van der Waals surface area (Å²) in [5, 5.41) is 8.99. The lowest BCUT2D eigenvalue weighted by atomic mass is 9.88. The van der Waals surface area contributed by atoms with Gasteiger partial charge in [0, 0.05) is 19.1 Å². The molecule has 0 bridgehead atoms. The first-order valence-electron chi connectivity index (χ1n) is 7.81. The lowest BCUT2D eigenvalue weighted by Crippen LogP contribution is -2.38. The van der Waals surface area contributed by atoms with Gasteiger partial charge in [0.25, 0.3) is 0 Å². The summed E-state index contributed by atoms with van der Waals surface area (Å²) in [7, 11) is 0. The normalized spacial score (nSPS) is 17.9. The van der Waals surface area contributed by atoms with Crippen molar-refractivity contribution in [3.63, 3.8) is 0 Å². The molecule has 1 atom stereocenters. The molecule has 0 saturated carbocycles. The highest BCUT2D eigenvalue weighted by Gasteiger charge is 2.27. The van der Waals surface area contributed by atoms with Crippen molar-refractivity contribution in [2.45, 2.75) is 25.3 Å². The molecule has 2 aromatic rings. The average molecular weight is 295 g/mol. The number of carboxylic acid groups (broad SMARTS) is 1. The Hall–Kier alpha value is -2.13. The highest BCUT2D eigenvalue weighted by Crippen LogP contribution is 2.32. The van der Waals surface area contributed by atoms with Gasteiger partial charge in [-0.15, -0.1) is 0 Å². The third-order valence-electron chi connectivity index (χ3n) is 4.41. The van der Waals surface area contributed by atoms with Crippen LogP contribution in [0.1, 0.15) is 29.2 Å². The largest absolute Gasteiger partial charge is 0.481 e. The number of aliphatic carboxylic acids is 1. The molecule has 3 heteroatoms. The van der Waals surface area contributed by atoms with E-state index in [4.69, 9.17) is 5.11 Å². The maximum absolute atomic E-state index is 10.9. The van der Waals surface area contributed by atoms with E-state index in [9.17, 15) is 4.79 Å². The van der Waals surface area contributed by atoms with Gasteiger partial charge in [-0.1, -0.05) is 54.6 Å². The number of rotatable bonds is 5. The highest BCUT2D eigenvalue weighted by atomic mass is 16.4. The Labute approximate surface area is 131 Å². The van der Waals surface area contributed by atoms with Gasteiger partial charge in [0.15, 0.2) is 0 Å². The minimum Gasteiger partial charge on any atom is -0.481 e. The lowest BCUT2D eigenvalue weighted by Gasteiger charge is -2.37. The first-order valence-corrected chi connectivity index (χ1v) is 7.81. The molecule has 0 spiro atoms. The second-order valence-electron chi connectivity index (χ2n) is 5.83. The zero-order valence-electron chi connectivity index (χ0n) is 12.6. The fourth-order valence-corrected chi connectivity index (χ4v) is 3.29. The SMILES string of the molecule is O=C(O)CCN1CCc2ccccc2C1Cc1ccccc1. The van der Waals surface area contributed by atoms with Gasteiger partial charge in [0.2, 0.25) is 0 Å². The van der Waals surface area contributed by atoms with E-state index in [0.29, 0.717) is 6.54 Å². The quantitative estimate of drug-likeness (QED) is 0.920. The summed E-state index contributed by atoms with van der Waals surface area (Å²) < 4.78 is 0. The Morgan fingerprint density at radius 1 is 1.09 bits per heavy atom. The van der Waals surface area contributed by atoms with Crippen LogP contribution in [-0.2, 0) is 17.6 Å². The van der Waals surface area contributed by atoms with Crippen LogP contribution >= 0.6 is 0 Å². The van der Waals surface area contributed by atoms with E-state index >= 15 is 0 Å². The summed E-state index contributed by atoms with van der Waals surface area (Å²) in [6.07, 6.45) is 2.13. The molecule has 3 rings (SSSR count). The number of carboxylic acids is 1. The number of nitrogens with zero attached hydrogens (tertiary/aromatic N) is 1. The number of fused-ring (bicyclic) bond motifs is 1. The minimum atomic E-state index is -0.725. The zero-order chi connectivity index (χ0) is 15.4. The molecular formula is C19H21NO2. The summed E-state index contributed by atoms with van der Waals surface area (Å²) in [6, 6.07) is 19.3. The van der Waals surface area contributed by atoms with Gasteiger partial charge in [0.05, 0.1) is 6.42 Å². The summed E-state index contributed by atoms with van der Waals surface area (Å²) in [5.74, 6) is -0.725. The van der Waals surface area contributed by atoms with Gasteiger partial charge in [-0.05, 0) is 29.5 Å². The van der Waals surface area contributed by atoms with Gasteiger partial charge in [-0.3, -0.25) is 9.69 Å². The molecule has 22 heavy (non-hydrogen) atoms. The molecule has 0 aliphatic carbocycles. The van der Waals surface area contributed by atoms with Gasteiger partial charge in [-0.25, -0.2) is 0 Å². The van der Waals surface area contributed by atoms with Crippen molar-refractivity contribution in [1.29, 1.82) is 0 Å². The molecule has 0 fully saturated rings. The van der Waals surface area contributed by atoms with E-state index in [2.05, 4.69) is 53.4 Å². The molecule has 3 nitrogen and oxygen atoms in total. The number of benzene rings is 2.